The fourth-order valence-corrected chi connectivity index (χ4v) is 7.47. The van der Waals surface area contributed by atoms with Crippen LogP contribution in [0.4, 0.5) is 0 Å². The lowest BCUT2D eigenvalue weighted by molar-refractivity contribution is 0.273. The number of hydrogen-bond donors (Lipinski definition) is 0. The molecule has 0 bridgehead atoms. The number of hydrogen-bond acceptors (Lipinski definition) is 5. The van der Waals surface area contributed by atoms with Gasteiger partial charge in [-0.15, -0.1) is 11.3 Å². The van der Waals surface area contributed by atoms with E-state index in [4.69, 9.17) is 11.6 Å². The van der Waals surface area contributed by atoms with E-state index in [2.05, 4.69) is 20.8 Å². The van der Waals surface area contributed by atoms with Gasteiger partial charge in [0.2, 0.25) is 10.0 Å². The average Bonchev–Trinajstić information content (AvgIpc) is 3.08. The second-order valence-corrected chi connectivity index (χ2v) is 13.5. The minimum Gasteiger partial charge on any atom is -0.207 e. The van der Waals surface area contributed by atoms with E-state index < -0.39 is 20.0 Å². The first-order chi connectivity index (χ1) is 12.9. The molecular formula is C18H23ClN2O4S3. The molecule has 0 unspecified atom stereocenters. The Labute approximate surface area is 175 Å². The molecule has 0 aliphatic carbocycles. The second-order valence-electron chi connectivity index (χ2n) is 7.64. The van der Waals surface area contributed by atoms with E-state index >= 15 is 0 Å². The van der Waals surface area contributed by atoms with Crippen LogP contribution in [0.5, 0.6) is 0 Å². The van der Waals surface area contributed by atoms with Gasteiger partial charge in [0.25, 0.3) is 10.0 Å². The molecule has 0 spiro atoms. The second kappa shape index (κ2) is 7.70. The Morgan fingerprint density at radius 2 is 1.32 bits per heavy atom. The van der Waals surface area contributed by atoms with Gasteiger partial charge in [0.15, 0.2) is 0 Å². The van der Waals surface area contributed by atoms with Crippen molar-refractivity contribution in [1.29, 1.82) is 0 Å². The van der Waals surface area contributed by atoms with Crippen molar-refractivity contribution >= 4 is 43.0 Å². The molecule has 2 heterocycles. The van der Waals surface area contributed by atoms with Gasteiger partial charge in [-0.1, -0.05) is 44.5 Å². The first kappa shape index (κ1) is 21.7. The van der Waals surface area contributed by atoms with Gasteiger partial charge in [0.05, 0.1) is 9.23 Å². The van der Waals surface area contributed by atoms with Gasteiger partial charge in [-0.3, -0.25) is 0 Å². The Bertz CT molecular complexity index is 1050. The monoisotopic (exact) mass is 462 g/mol. The molecule has 2 aromatic rings. The van der Waals surface area contributed by atoms with Crippen LogP contribution in [0, 0.1) is 0 Å². The molecule has 1 aliphatic heterocycles. The van der Waals surface area contributed by atoms with E-state index in [9.17, 15) is 16.8 Å². The van der Waals surface area contributed by atoms with Crippen molar-refractivity contribution in [2.75, 3.05) is 26.2 Å². The summed E-state index contributed by atoms with van der Waals surface area (Å²) in [5.41, 5.74) is 0.990. The zero-order valence-electron chi connectivity index (χ0n) is 15.9. The highest BCUT2D eigenvalue weighted by Gasteiger charge is 2.34. The minimum atomic E-state index is -3.66. The molecule has 0 N–H and O–H groups in total. The van der Waals surface area contributed by atoms with E-state index in [1.54, 1.807) is 18.2 Å². The summed E-state index contributed by atoms with van der Waals surface area (Å²) in [7, 11) is -7.31. The standard InChI is InChI=1S/C18H23ClN2O4S3/c1-18(2,3)14-4-6-15(7-5-14)27(22,23)20-10-12-21(13-11-20)28(24,25)17-9-8-16(19)26-17/h4-9H,10-13H2,1-3H3. The summed E-state index contributed by atoms with van der Waals surface area (Å²) in [6.07, 6.45) is 0. The number of thiophene rings is 1. The number of benzene rings is 1. The molecule has 10 heteroatoms. The van der Waals surface area contributed by atoms with E-state index in [-0.39, 0.29) is 40.7 Å². The lowest BCUT2D eigenvalue weighted by Crippen LogP contribution is -2.50. The largest absolute Gasteiger partial charge is 0.252 e. The molecular weight excluding hydrogens is 440 g/mol. The van der Waals surface area contributed by atoms with Crippen molar-refractivity contribution in [3.05, 3.63) is 46.3 Å². The summed E-state index contributed by atoms with van der Waals surface area (Å²) in [6.45, 7) is 6.64. The number of rotatable bonds is 4. The summed E-state index contributed by atoms with van der Waals surface area (Å²) in [4.78, 5) is 0.224. The Kier molecular flexibility index (Phi) is 5.97. The fourth-order valence-electron chi connectivity index (χ4n) is 2.99. The highest BCUT2D eigenvalue weighted by molar-refractivity contribution is 7.91. The highest BCUT2D eigenvalue weighted by Crippen LogP contribution is 2.29. The molecule has 3 rings (SSSR count). The summed E-state index contributed by atoms with van der Waals surface area (Å²) >= 11 is 6.84. The van der Waals surface area contributed by atoms with Gasteiger partial charge in [-0.05, 0) is 35.2 Å². The number of piperazine rings is 1. The van der Waals surface area contributed by atoms with Crippen LogP contribution in [0.25, 0.3) is 0 Å². The van der Waals surface area contributed by atoms with Crippen LogP contribution in [0.1, 0.15) is 26.3 Å². The van der Waals surface area contributed by atoms with Crippen molar-refractivity contribution < 1.29 is 16.8 Å². The van der Waals surface area contributed by atoms with Gasteiger partial charge in [-0.2, -0.15) is 8.61 Å². The maximum absolute atomic E-state index is 12.9. The third-order valence-electron chi connectivity index (χ3n) is 4.70. The summed E-state index contributed by atoms with van der Waals surface area (Å²) in [5.74, 6) is 0. The molecule has 0 saturated carbocycles. The summed E-state index contributed by atoms with van der Waals surface area (Å²) < 4.78 is 54.4. The summed E-state index contributed by atoms with van der Waals surface area (Å²) in [6, 6.07) is 9.91. The van der Waals surface area contributed by atoms with Crippen molar-refractivity contribution in [3.8, 4) is 0 Å². The Balaban J connectivity index is 1.73. The zero-order chi connectivity index (χ0) is 20.7. The first-order valence-electron chi connectivity index (χ1n) is 8.78. The normalized spacial score (nSPS) is 17.7. The maximum Gasteiger partial charge on any atom is 0.252 e. The maximum atomic E-state index is 12.9. The van der Waals surface area contributed by atoms with Crippen LogP contribution < -0.4 is 0 Å². The molecule has 1 aromatic heterocycles. The van der Waals surface area contributed by atoms with Crippen LogP contribution in [0.15, 0.2) is 45.5 Å². The van der Waals surface area contributed by atoms with Gasteiger partial charge in [0.1, 0.15) is 4.21 Å². The molecule has 28 heavy (non-hydrogen) atoms. The minimum absolute atomic E-state index is 0.0625. The molecule has 0 atom stereocenters. The van der Waals surface area contributed by atoms with Crippen molar-refractivity contribution in [2.45, 2.75) is 35.3 Å². The molecule has 1 aliphatic rings. The molecule has 1 saturated heterocycles. The first-order valence-corrected chi connectivity index (χ1v) is 12.9. The Morgan fingerprint density at radius 1 is 0.821 bits per heavy atom. The Hall–Kier alpha value is -0.970. The smallest absolute Gasteiger partial charge is 0.207 e. The molecule has 1 fully saturated rings. The molecule has 0 amide bonds. The molecule has 6 nitrogen and oxygen atoms in total. The van der Waals surface area contributed by atoms with Gasteiger partial charge >= 0.3 is 0 Å². The van der Waals surface area contributed by atoms with Crippen molar-refractivity contribution in [3.63, 3.8) is 0 Å². The van der Waals surface area contributed by atoms with E-state index in [0.29, 0.717) is 4.34 Å². The zero-order valence-corrected chi connectivity index (χ0v) is 19.1. The molecule has 0 radical (unpaired) electrons. The third kappa shape index (κ3) is 4.29. The van der Waals surface area contributed by atoms with Crippen molar-refractivity contribution in [1.82, 2.24) is 8.61 Å². The van der Waals surface area contributed by atoms with Crippen molar-refractivity contribution in [2.24, 2.45) is 0 Å². The van der Waals surface area contributed by atoms with Gasteiger partial charge in [-0.25, -0.2) is 16.8 Å². The SMILES string of the molecule is CC(C)(C)c1ccc(S(=O)(=O)N2CCN(S(=O)(=O)c3ccc(Cl)s3)CC2)cc1. The van der Waals surface area contributed by atoms with Crippen LogP contribution in [0.3, 0.4) is 0 Å². The molecule has 1 aromatic carbocycles. The number of nitrogens with zero attached hydrogens (tertiary/aromatic N) is 2. The number of sulfonamides is 2. The molecule has 154 valence electrons. The van der Waals surface area contributed by atoms with Crippen LogP contribution in [-0.4, -0.2) is 51.6 Å². The number of halogens is 1. The van der Waals surface area contributed by atoms with Crippen LogP contribution >= 0.6 is 22.9 Å². The highest BCUT2D eigenvalue weighted by atomic mass is 35.5. The Morgan fingerprint density at radius 3 is 1.75 bits per heavy atom. The lowest BCUT2D eigenvalue weighted by atomic mass is 9.87. The topological polar surface area (TPSA) is 74.8 Å². The van der Waals surface area contributed by atoms with Gasteiger partial charge < -0.3 is 0 Å². The predicted octanol–water partition coefficient (Wildman–Crippen LogP) is 3.39. The van der Waals surface area contributed by atoms with Crippen LogP contribution in [0.2, 0.25) is 4.34 Å². The van der Waals surface area contributed by atoms with E-state index in [0.717, 1.165) is 16.9 Å². The lowest BCUT2D eigenvalue weighted by Gasteiger charge is -2.33. The predicted molar refractivity (Wildman–Crippen MR) is 112 cm³/mol. The van der Waals surface area contributed by atoms with Gasteiger partial charge in [0, 0.05) is 26.2 Å². The fraction of sp³-hybridized carbons (Fsp3) is 0.444. The van der Waals surface area contributed by atoms with Crippen LogP contribution in [-0.2, 0) is 25.5 Å². The van der Waals surface area contributed by atoms with E-state index in [1.165, 1.54) is 14.7 Å². The van der Waals surface area contributed by atoms with E-state index in [1.807, 2.05) is 12.1 Å². The third-order valence-corrected chi connectivity index (χ3v) is 10.2. The average molecular weight is 463 g/mol. The quantitative estimate of drug-likeness (QED) is 0.697. The summed E-state index contributed by atoms with van der Waals surface area (Å²) in [5, 5.41) is 0.